The van der Waals surface area contributed by atoms with Crippen molar-refractivity contribution in [1.82, 2.24) is 5.32 Å². The van der Waals surface area contributed by atoms with Crippen molar-refractivity contribution in [3.63, 3.8) is 0 Å². The zero-order valence-electron chi connectivity index (χ0n) is 13.8. The minimum absolute atomic E-state index is 0.0502. The number of amides is 2. The van der Waals surface area contributed by atoms with Crippen molar-refractivity contribution in [3.05, 3.63) is 28.8 Å². The van der Waals surface area contributed by atoms with Gasteiger partial charge in [-0.25, -0.2) is 4.79 Å². The zero-order valence-corrected chi connectivity index (χ0v) is 13.8. The normalized spacial score (nSPS) is 23.5. The number of carbonyl (C=O) groups is 2. The summed E-state index contributed by atoms with van der Waals surface area (Å²) in [5.41, 5.74) is 4.71. The highest BCUT2D eigenvalue weighted by molar-refractivity contribution is 5.94. The van der Waals surface area contributed by atoms with Gasteiger partial charge in [-0.15, -0.1) is 0 Å². The molecule has 1 fully saturated rings. The molecule has 0 saturated heterocycles. The van der Waals surface area contributed by atoms with Crippen LogP contribution in [0, 0.1) is 19.8 Å². The van der Waals surface area contributed by atoms with Gasteiger partial charge in [-0.2, -0.15) is 0 Å². The predicted molar refractivity (Wildman–Crippen MR) is 88.9 cm³/mol. The Bertz CT molecular complexity index is 633. The van der Waals surface area contributed by atoms with Gasteiger partial charge in [0.2, 0.25) is 0 Å². The van der Waals surface area contributed by atoms with E-state index in [1.165, 1.54) is 16.7 Å². The highest BCUT2D eigenvalue weighted by Gasteiger charge is 2.30. The molecule has 1 saturated carbocycles. The number of fused-ring (bicyclic) bond motifs is 1. The van der Waals surface area contributed by atoms with E-state index in [2.05, 4.69) is 31.3 Å². The minimum Gasteiger partial charge on any atom is -0.481 e. The highest BCUT2D eigenvalue weighted by Crippen LogP contribution is 2.31. The number of carbonyl (C=O) groups excluding carboxylic acids is 1. The maximum atomic E-state index is 12.6. The van der Waals surface area contributed by atoms with Gasteiger partial charge in [-0.3, -0.25) is 9.69 Å². The second-order valence-electron chi connectivity index (χ2n) is 6.80. The van der Waals surface area contributed by atoms with Gasteiger partial charge in [-0.1, -0.05) is 6.07 Å². The number of rotatable bonds is 2. The summed E-state index contributed by atoms with van der Waals surface area (Å²) in [5, 5.41) is 12.1. The molecule has 23 heavy (non-hydrogen) atoms. The number of benzene rings is 1. The van der Waals surface area contributed by atoms with Gasteiger partial charge in [0, 0.05) is 18.3 Å². The molecule has 2 N–H and O–H groups in total. The molecule has 2 aliphatic rings. The number of hydrogen-bond donors (Lipinski definition) is 2. The summed E-state index contributed by atoms with van der Waals surface area (Å²) in [6.07, 6.45) is 3.69. The van der Waals surface area contributed by atoms with Crippen molar-refractivity contribution in [2.75, 3.05) is 11.4 Å². The number of nitrogens with one attached hydrogen (secondary N) is 1. The molecule has 0 aromatic heterocycles. The molecule has 1 aliphatic heterocycles. The number of carboxylic acids is 1. The van der Waals surface area contributed by atoms with Crippen molar-refractivity contribution in [2.45, 2.75) is 52.0 Å². The third-order valence-corrected chi connectivity index (χ3v) is 5.24. The van der Waals surface area contributed by atoms with Crippen molar-refractivity contribution in [3.8, 4) is 0 Å². The summed E-state index contributed by atoms with van der Waals surface area (Å²) in [4.78, 5) is 25.4. The van der Waals surface area contributed by atoms with Crippen LogP contribution < -0.4 is 10.2 Å². The summed E-state index contributed by atoms with van der Waals surface area (Å²) < 4.78 is 0. The van der Waals surface area contributed by atoms with Gasteiger partial charge in [-0.05, 0) is 68.7 Å². The molecule has 5 heteroatoms. The van der Waals surface area contributed by atoms with Crippen LogP contribution in [-0.4, -0.2) is 29.7 Å². The van der Waals surface area contributed by atoms with Gasteiger partial charge < -0.3 is 10.4 Å². The van der Waals surface area contributed by atoms with E-state index < -0.39 is 5.97 Å². The average molecular weight is 316 g/mol. The van der Waals surface area contributed by atoms with Crippen LogP contribution in [0.5, 0.6) is 0 Å². The van der Waals surface area contributed by atoms with E-state index in [9.17, 15) is 9.59 Å². The van der Waals surface area contributed by atoms with Gasteiger partial charge in [0.05, 0.1) is 5.92 Å². The maximum absolute atomic E-state index is 12.6. The molecule has 5 nitrogen and oxygen atoms in total. The van der Waals surface area contributed by atoms with E-state index in [-0.39, 0.29) is 18.0 Å². The van der Waals surface area contributed by atoms with Crippen LogP contribution in [0.1, 0.15) is 42.4 Å². The fraction of sp³-hybridized carbons (Fsp3) is 0.556. The van der Waals surface area contributed by atoms with Crippen molar-refractivity contribution in [2.24, 2.45) is 5.92 Å². The Morgan fingerprint density at radius 1 is 1.13 bits per heavy atom. The lowest BCUT2D eigenvalue weighted by Gasteiger charge is -2.29. The van der Waals surface area contributed by atoms with Crippen LogP contribution >= 0.6 is 0 Å². The van der Waals surface area contributed by atoms with E-state index in [1.54, 1.807) is 0 Å². The first-order chi connectivity index (χ1) is 11.0. The molecule has 0 radical (unpaired) electrons. The summed E-state index contributed by atoms with van der Waals surface area (Å²) in [6, 6.07) is 4.31. The molecule has 124 valence electrons. The molecule has 0 spiro atoms. The molecule has 0 atom stereocenters. The lowest BCUT2D eigenvalue weighted by Crippen LogP contribution is -2.46. The molecular weight excluding hydrogens is 292 g/mol. The number of nitrogens with zero attached hydrogens (tertiary/aromatic N) is 1. The first-order valence-corrected chi connectivity index (χ1v) is 8.36. The largest absolute Gasteiger partial charge is 0.481 e. The topological polar surface area (TPSA) is 69.6 Å². The Kier molecular flexibility index (Phi) is 4.28. The van der Waals surface area contributed by atoms with Crippen LogP contribution in [0.3, 0.4) is 0 Å². The third-order valence-electron chi connectivity index (χ3n) is 5.24. The molecular formula is C18H24N2O3. The Labute approximate surface area is 136 Å². The second-order valence-corrected chi connectivity index (χ2v) is 6.80. The highest BCUT2D eigenvalue weighted by atomic mass is 16.4. The van der Waals surface area contributed by atoms with Crippen molar-refractivity contribution in [1.29, 1.82) is 0 Å². The molecule has 1 aromatic carbocycles. The molecule has 0 bridgehead atoms. The number of aryl methyl sites for hydroxylation is 2. The van der Waals surface area contributed by atoms with Crippen LogP contribution in [0.4, 0.5) is 10.5 Å². The number of aliphatic carboxylic acids is 1. The van der Waals surface area contributed by atoms with Crippen LogP contribution in [0.2, 0.25) is 0 Å². The Hall–Kier alpha value is -2.04. The van der Waals surface area contributed by atoms with Gasteiger partial charge in [0.1, 0.15) is 0 Å². The second kappa shape index (κ2) is 6.22. The van der Waals surface area contributed by atoms with Gasteiger partial charge in [0.25, 0.3) is 0 Å². The van der Waals surface area contributed by atoms with E-state index in [1.807, 2.05) is 4.90 Å². The summed E-state index contributed by atoms with van der Waals surface area (Å²) in [7, 11) is 0. The predicted octanol–water partition coefficient (Wildman–Crippen LogP) is 3.02. The number of carboxylic acid groups (broad SMARTS) is 1. The average Bonchev–Trinajstić information content (AvgIpc) is 2.91. The van der Waals surface area contributed by atoms with Gasteiger partial charge >= 0.3 is 12.0 Å². The van der Waals surface area contributed by atoms with E-state index >= 15 is 0 Å². The molecule has 1 aliphatic carbocycles. The lowest BCUT2D eigenvalue weighted by atomic mass is 9.86. The van der Waals surface area contributed by atoms with E-state index in [4.69, 9.17) is 5.11 Å². The first-order valence-electron chi connectivity index (χ1n) is 8.36. The quantitative estimate of drug-likeness (QED) is 0.881. The third kappa shape index (κ3) is 3.19. The number of anilines is 1. The molecule has 0 unspecified atom stereocenters. The maximum Gasteiger partial charge on any atom is 0.322 e. The minimum atomic E-state index is -0.714. The number of urea groups is 1. The Morgan fingerprint density at radius 3 is 2.43 bits per heavy atom. The zero-order chi connectivity index (χ0) is 16.6. The molecule has 1 heterocycles. The molecule has 1 aromatic rings. The standard InChI is InChI=1S/C18H24N2O3/c1-11-9-14-7-8-20(16(14)10-12(11)2)18(23)19-15-5-3-13(4-6-15)17(21)22/h9-10,13,15H,3-8H2,1-2H3,(H,19,23)(H,21,22). The number of hydrogen-bond acceptors (Lipinski definition) is 2. The van der Waals surface area contributed by atoms with E-state index in [0.29, 0.717) is 19.4 Å². The first kappa shape index (κ1) is 15.8. The van der Waals surface area contributed by atoms with Crippen molar-refractivity contribution >= 4 is 17.7 Å². The van der Waals surface area contributed by atoms with Crippen LogP contribution in [0.15, 0.2) is 12.1 Å². The lowest BCUT2D eigenvalue weighted by molar-refractivity contribution is -0.142. The fourth-order valence-corrected chi connectivity index (χ4v) is 3.61. The smallest absolute Gasteiger partial charge is 0.322 e. The summed E-state index contributed by atoms with van der Waals surface area (Å²) in [6.45, 7) is 4.88. The Morgan fingerprint density at radius 2 is 1.78 bits per heavy atom. The Balaban J connectivity index is 1.63. The van der Waals surface area contributed by atoms with Crippen LogP contribution in [0.25, 0.3) is 0 Å². The van der Waals surface area contributed by atoms with Crippen molar-refractivity contribution < 1.29 is 14.7 Å². The summed E-state index contributed by atoms with van der Waals surface area (Å²) >= 11 is 0. The fourth-order valence-electron chi connectivity index (χ4n) is 3.61. The van der Waals surface area contributed by atoms with Gasteiger partial charge in [0.15, 0.2) is 0 Å². The molecule has 3 rings (SSSR count). The monoisotopic (exact) mass is 316 g/mol. The van der Waals surface area contributed by atoms with Crippen LogP contribution in [-0.2, 0) is 11.2 Å². The SMILES string of the molecule is Cc1cc2c(cc1C)N(C(=O)NC1CCC(C(=O)O)CC1)CC2. The van der Waals surface area contributed by atoms with E-state index in [0.717, 1.165) is 24.9 Å². The molecule has 2 amide bonds. The summed E-state index contributed by atoms with van der Waals surface area (Å²) in [5.74, 6) is -0.963.